The van der Waals surface area contributed by atoms with Gasteiger partial charge in [-0.1, -0.05) is 6.92 Å². The summed E-state index contributed by atoms with van der Waals surface area (Å²) in [5.74, 6) is 0.122. The monoisotopic (exact) mass is 232 g/mol. The first-order chi connectivity index (χ1) is 7.04. The number of rotatable bonds is 4. The highest BCUT2D eigenvalue weighted by Crippen LogP contribution is 2.39. The largest absolute Gasteiger partial charge is 0.327 e. The van der Waals surface area contributed by atoms with Crippen LogP contribution in [-0.4, -0.2) is 36.6 Å². The minimum Gasteiger partial charge on any atom is -0.327 e. The van der Waals surface area contributed by atoms with Crippen LogP contribution >= 0.6 is 0 Å². The number of fused-ring (bicyclic) bond motifs is 2. The normalized spacial score (nSPS) is 33.5. The van der Waals surface area contributed by atoms with Gasteiger partial charge < -0.3 is 5.73 Å². The molecule has 2 aliphatic heterocycles. The van der Waals surface area contributed by atoms with Gasteiger partial charge >= 0.3 is 0 Å². The Hall–Kier alpha value is -0.130. The van der Waals surface area contributed by atoms with Crippen LogP contribution in [0.25, 0.3) is 0 Å². The van der Waals surface area contributed by atoms with Gasteiger partial charge in [-0.15, -0.1) is 0 Å². The Morgan fingerprint density at radius 2 is 1.73 bits per heavy atom. The molecule has 0 amide bonds. The zero-order valence-electron chi connectivity index (χ0n) is 9.22. The molecule has 2 rings (SSSR count). The fourth-order valence-corrected chi connectivity index (χ4v) is 5.07. The van der Waals surface area contributed by atoms with Crippen molar-refractivity contribution in [3.05, 3.63) is 0 Å². The summed E-state index contributed by atoms with van der Waals surface area (Å²) in [4.78, 5) is 0. The van der Waals surface area contributed by atoms with Gasteiger partial charge in [-0.25, -0.2) is 8.42 Å². The quantitative estimate of drug-likeness (QED) is 0.775. The Balaban J connectivity index is 2.09. The van der Waals surface area contributed by atoms with E-state index in [4.69, 9.17) is 5.73 Å². The Bertz CT molecular complexity index is 308. The van der Waals surface area contributed by atoms with Gasteiger partial charge in [0.15, 0.2) is 0 Å². The molecule has 0 saturated carbocycles. The fourth-order valence-electron chi connectivity index (χ4n) is 2.79. The number of nitrogens with zero attached hydrogens (tertiary/aromatic N) is 1. The summed E-state index contributed by atoms with van der Waals surface area (Å²) >= 11 is 0. The third kappa shape index (κ3) is 2.05. The second-order valence-electron chi connectivity index (χ2n) is 4.74. The van der Waals surface area contributed by atoms with Crippen LogP contribution in [0.1, 0.15) is 39.0 Å². The van der Waals surface area contributed by atoms with E-state index in [2.05, 4.69) is 0 Å². The molecule has 2 saturated heterocycles. The van der Waals surface area contributed by atoms with E-state index in [1.165, 1.54) is 0 Å². The molecule has 2 bridgehead atoms. The first-order valence-electron chi connectivity index (χ1n) is 5.81. The van der Waals surface area contributed by atoms with Crippen molar-refractivity contribution in [1.82, 2.24) is 4.31 Å². The summed E-state index contributed by atoms with van der Waals surface area (Å²) < 4.78 is 26.0. The molecule has 1 unspecified atom stereocenters. The lowest BCUT2D eigenvalue weighted by Crippen LogP contribution is -2.41. The van der Waals surface area contributed by atoms with E-state index in [1.54, 1.807) is 4.31 Å². The maximum atomic E-state index is 12.1. The van der Waals surface area contributed by atoms with Crippen molar-refractivity contribution in [3.8, 4) is 0 Å². The van der Waals surface area contributed by atoms with Gasteiger partial charge in [0.05, 0.1) is 5.75 Å². The molecule has 1 atom stereocenters. The molecule has 2 aliphatic rings. The third-order valence-corrected chi connectivity index (χ3v) is 5.74. The molecule has 2 fully saturated rings. The first-order valence-corrected chi connectivity index (χ1v) is 7.42. The van der Waals surface area contributed by atoms with Crippen LogP contribution in [0.2, 0.25) is 0 Å². The molecule has 0 aromatic rings. The fraction of sp³-hybridized carbons (Fsp3) is 1.00. The highest BCUT2D eigenvalue weighted by Gasteiger charge is 2.46. The van der Waals surface area contributed by atoms with Gasteiger partial charge in [-0.05, 0) is 32.1 Å². The van der Waals surface area contributed by atoms with Gasteiger partial charge in [0.1, 0.15) is 0 Å². The molecular formula is C10H20N2O2S. The lowest BCUT2D eigenvalue weighted by atomic mass is 10.0. The van der Waals surface area contributed by atoms with Gasteiger partial charge in [0.25, 0.3) is 0 Å². The summed E-state index contributed by atoms with van der Waals surface area (Å²) in [6.07, 6.45) is 4.91. The summed E-state index contributed by atoms with van der Waals surface area (Å²) in [5, 5.41) is 0. The van der Waals surface area contributed by atoms with E-state index in [9.17, 15) is 8.42 Å². The molecule has 88 valence electrons. The van der Waals surface area contributed by atoms with E-state index >= 15 is 0 Å². The lowest BCUT2D eigenvalue weighted by molar-refractivity contribution is 0.393. The van der Waals surface area contributed by atoms with Crippen molar-refractivity contribution in [3.63, 3.8) is 0 Å². The van der Waals surface area contributed by atoms with Gasteiger partial charge in [-0.3, -0.25) is 0 Å². The highest BCUT2D eigenvalue weighted by molar-refractivity contribution is 7.89. The zero-order valence-corrected chi connectivity index (χ0v) is 10.0. The van der Waals surface area contributed by atoms with Crippen LogP contribution in [0.15, 0.2) is 0 Å². The van der Waals surface area contributed by atoms with E-state index in [-0.39, 0.29) is 23.9 Å². The Labute approximate surface area is 91.9 Å². The first kappa shape index (κ1) is 11.4. The standard InChI is InChI=1S/C10H20N2O2S/c1-2-8(11)7-15(13,14)12-9-3-4-10(12)6-5-9/h8-10H,2-7,11H2,1H3. The topological polar surface area (TPSA) is 63.4 Å². The van der Waals surface area contributed by atoms with Crippen molar-refractivity contribution in [2.24, 2.45) is 5.73 Å². The summed E-state index contributed by atoms with van der Waals surface area (Å²) in [6.45, 7) is 1.93. The molecule has 0 spiro atoms. The van der Waals surface area contributed by atoms with Crippen molar-refractivity contribution in [2.45, 2.75) is 57.2 Å². The predicted octanol–water partition coefficient (Wildman–Crippen LogP) is 0.680. The average Bonchev–Trinajstić information content (AvgIpc) is 2.76. The van der Waals surface area contributed by atoms with Crippen LogP contribution in [0.3, 0.4) is 0 Å². The molecular weight excluding hydrogens is 212 g/mol. The Morgan fingerprint density at radius 1 is 1.27 bits per heavy atom. The van der Waals surface area contributed by atoms with Crippen molar-refractivity contribution in [2.75, 3.05) is 5.75 Å². The molecule has 2 heterocycles. The molecule has 0 aromatic carbocycles. The molecule has 2 N–H and O–H groups in total. The van der Waals surface area contributed by atoms with Crippen molar-refractivity contribution < 1.29 is 8.42 Å². The second-order valence-corrected chi connectivity index (χ2v) is 6.66. The summed E-state index contributed by atoms with van der Waals surface area (Å²) in [7, 11) is -3.10. The van der Waals surface area contributed by atoms with Crippen molar-refractivity contribution >= 4 is 10.0 Å². The molecule has 0 radical (unpaired) electrons. The van der Waals surface area contributed by atoms with Crippen LogP contribution < -0.4 is 5.73 Å². The number of hydrogen-bond acceptors (Lipinski definition) is 3. The third-order valence-electron chi connectivity index (χ3n) is 3.66. The van der Waals surface area contributed by atoms with E-state index in [0.717, 1.165) is 32.1 Å². The average molecular weight is 232 g/mol. The summed E-state index contributed by atoms with van der Waals surface area (Å²) in [6, 6.07) is 0.350. The molecule has 4 nitrogen and oxygen atoms in total. The number of nitrogens with two attached hydrogens (primary N) is 1. The maximum absolute atomic E-state index is 12.1. The minimum atomic E-state index is -3.10. The summed E-state index contributed by atoms with van der Waals surface area (Å²) in [5.41, 5.74) is 5.73. The molecule has 0 aliphatic carbocycles. The van der Waals surface area contributed by atoms with Crippen molar-refractivity contribution in [1.29, 1.82) is 0 Å². The Kier molecular flexibility index (Phi) is 3.05. The van der Waals surface area contributed by atoms with Gasteiger partial charge in [0.2, 0.25) is 10.0 Å². The van der Waals surface area contributed by atoms with E-state index in [0.29, 0.717) is 0 Å². The maximum Gasteiger partial charge on any atom is 0.216 e. The molecule has 15 heavy (non-hydrogen) atoms. The smallest absolute Gasteiger partial charge is 0.216 e. The Morgan fingerprint density at radius 3 is 2.13 bits per heavy atom. The van der Waals surface area contributed by atoms with E-state index < -0.39 is 10.0 Å². The molecule has 0 aromatic heterocycles. The van der Waals surface area contributed by atoms with Crippen LogP contribution in [0.4, 0.5) is 0 Å². The van der Waals surface area contributed by atoms with Gasteiger partial charge in [0, 0.05) is 18.1 Å². The van der Waals surface area contributed by atoms with Crippen LogP contribution in [0.5, 0.6) is 0 Å². The minimum absolute atomic E-state index is 0.122. The van der Waals surface area contributed by atoms with Crippen LogP contribution in [-0.2, 0) is 10.0 Å². The predicted molar refractivity (Wildman–Crippen MR) is 59.9 cm³/mol. The zero-order chi connectivity index (χ0) is 11.1. The highest BCUT2D eigenvalue weighted by atomic mass is 32.2. The number of sulfonamides is 1. The number of hydrogen-bond donors (Lipinski definition) is 1. The SMILES string of the molecule is CCC(N)CS(=O)(=O)N1C2CCC1CC2. The second kappa shape index (κ2) is 4.03. The van der Waals surface area contributed by atoms with Crippen LogP contribution in [0, 0.1) is 0 Å². The van der Waals surface area contributed by atoms with E-state index in [1.807, 2.05) is 6.92 Å². The lowest BCUT2D eigenvalue weighted by Gasteiger charge is -2.23. The van der Waals surface area contributed by atoms with Gasteiger partial charge in [-0.2, -0.15) is 4.31 Å². The molecule has 5 heteroatoms.